The lowest BCUT2D eigenvalue weighted by Crippen LogP contribution is -2.08. The number of methoxy groups -OCH3 is 3. The highest BCUT2D eigenvalue weighted by molar-refractivity contribution is 5.68. The van der Waals surface area contributed by atoms with E-state index in [0.717, 1.165) is 0 Å². The maximum atomic E-state index is 10.7. The molecular weight excluding hydrogens is 292 g/mol. The number of tetrazole rings is 1. The summed E-state index contributed by atoms with van der Waals surface area (Å²) in [6, 6.07) is 3.40. The number of aryl methyl sites for hydroxylation is 1. The molecule has 0 aliphatic rings. The molecule has 9 heteroatoms. The van der Waals surface area contributed by atoms with Crippen molar-refractivity contribution in [2.45, 2.75) is 13.0 Å². The number of ether oxygens (including phenoxy) is 3. The molecule has 0 bridgehead atoms. The highest BCUT2D eigenvalue weighted by Gasteiger charge is 2.18. The number of rotatable bonds is 7. The molecule has 0 aliphatic carbocycles. The number of nitrogens with zero attached hydrogens (tertiary/aromatic N) is 4. The van der Waals surface area contributed by atoms with Crippen LogP contribution in [0.15, 0.2) is 12.1 Å². The second-order valence-electron chi connectivity index (χ2n) is 4.28. The van der Waals surface area contributed by atoms with Gasteiger partial charge in [0, 0.05) is 5.56 Å². The molecule has 0 radical (unpaired) electrons. The zero-order chi connectivity index (χ0) is 16.1. The Morgan fingerprint density at radius 1 is 1.18 bits per heavy atom. The fourth-order valence-corrected chi connectivity index (χ4v) is 1.97. The highest BCUT2D eigenvalue weighted by Crippen LogP contribution is 2.40. The average molecular weight is 308 g/mol. The van der Waals surface area contributed by atoms with Gasteiger partial charge in [-0.2, -0.15) is 0 Å². The Balaban J connectivity index is 2.45. The lowest BCUT2D eigenvalue weighted by molar-refractivity contribution is -0.137. The van der Waals surface area contributed by atoms with Crippen LogP contribution in [-0.4, -0.2) is 52.6 Å². The Hall–Kier alpha value is -2.84. The highest BCUT2D eigenvalue weighted by atomic mass is 16.5. The van der Waals surface area contributed by atoms with Gasteiger partial charge in [-0.1, -0.05) is 0 Å². The van der Waals surface area contributed by atoms with Gasteiger partial charge in [-0.05, 0) is 22.6 Å². The van der Waals surface area contributed by atoms with Crippen LogP contribution in [0.4, 0.5) is 0 Å². The fraction of sp³-hybridized carbons (Fsp3) is 0.385. The van der Waals surface area contributed by atoms with Crippen molar-refractivity contribution in [3.8, 4) is 28.6 Å². The molecule has 1 aromatic heterocycles. The van der Waals surface area contributed by atoms with Crippen LogP contribution in [0.5, 0.6) is 17.2 Å². The lowest BCUT2D eigenvalue weighted by atomic mass is 10.1. The van der Waals surface area contributed by atoms with Crippen molar-refractivity contribution in [3.05, 3.63) is 12.1 Å². The van der Waals surface area contributed by atoms with Crippen LogP contribution in [0.25, 0.3) is 11.4 Å². The standard InChI is InChI=1S/C13H16N4O5/c1-20-9-6-8(7-10(21-2)12(9)22-3)13-14-15-16-17(13)5-4-11(18)19/h6-7H,4-5H2,1-3H3,(H,18,19). The average Bonchev–Trinajstić information content (AvgIpc) is 2.99. The molecule has 22 heavy (non-hydrogen) atoms. The predicted molar refractivity (Wildman–Crippen MR) is 75.2 cm³/mol. The third kappa shape index (κ3) is 3.08. The van der Waals surface area contributed by atoms with Crippen molar-refractivity contribution >= 4 is 5.97 Å². The molecule has 118 valence electrons. The van der Waals surface area contributed by atoms with E-state index in [1.807, 2.05) is 0 Å². The van der Waals surface area contributed by atoms with Crippen molar-refractivity contribution in [3.63, 3.8) is 0 Å². The van der Waals surface area contributed by atoms with E-state index in [-0.39, 0.29) is 13.0 Å². The molecule has 2 rings (SSSR count). The van der Waals surface area contributed by atoms with Crippen molar-refractivity contribution in [1.82, 2.24) is 20.2 Å². The lowest BCUT2D eigenvalue weighted by Gasteiger charge is -2.13. The van der Waals surface area contributed by atoms with Crippen LogP contribution >= 0.6 is 0 Å². The van der Waals surface area contributed by atoms with E-state index in [0.29, 0.717) is 28.6 Å². The first kappa shape index (κ1) is 15.5. The summed E-state index contributed by atoms with van der Waals surface area (Å²) in [5, 5.41) is 20.1. The number of carboxylic acid groups (broad SMARTS) is 1. The first-order chi connectivity index (χ1) is 10.6. The minimum absolute atomic E-state index is 0.0809. The Morgan fingerprint density at radius 3 is 2.32 bits per heavy atom. The van der Waals surface area contributed by atoms with Gasteiger partial charge in [-0.3, -0.25) is 4.79 Å². The SMILES string of the molecule is COc1cc(-c2nnnn2CCC(=O)O)cc(OC)c1OC. The van der Waals surface area contributed by atoms with Crippen molar-refractivity contribution in [2.24, 2.45) is 0 Å². The Kier molecular flexibility index (Phi) is 4.77. The number of hydrogen-bond acceptors (Lipinski definition) is 7. The van der Waals surface area contributed by atoms with E-state index in [1.165, 1.54) is 26.0 Å². The zero-order valence-electron chi connectivity index (χ0n) is 12.4. The minimum Gasteiger partial charge on any atom is -0.493 e. The first-order valence-electron chi connectivity index (χ1n) is 6.39. The van der Waals surface area contributed by atoms with Crippen molar-refractivity contribution in [2.75, 3.05) is 21.3 Å². The smallest absolute Gasteiger partial charge is 0.305 e. The molecule has 0 atom stereocenters. The van der Waals surface area contributed by atoms with Crippen LogP contribution < -0.4 is 14.2 Å². The van der Waals surface area contributed by atoms with E-state index in [9.17, 15) is 4.79 Å². The number of hydrogen-bond donors (Lipinski definition) is 1. The molecule has 0 unspecified atom stereocenters. The van der Waals surface area contributed by atoms with E-state index in [1.54, 1.807) is 12.1 Å². The number of carboxylic acids is 1. The van der Waals surface area contributed by atoms with Gasteiger partial charge >= 0.3 is 5.97 Å². The van der Waals surface area contributed by atoms with Crippen LogP contribution in [0.2, 0.25) is 0 Å². The molecule has 0 aliphatic heterocycles. The van der Waals surface area contributed by atoms with E-state index < -0.39 is 5.97 Å². The Labute approximate surface area is 126 Å². The fourth-order valence-electron chi connectivity index (χ4n) is 1.97. The summed E-state index contributed by atoms with van der Waals surface area (Å²) in [5.41, 5.74) is 0.630. The molecule has 0 amide bonds. The maximum Gasteiger partial charge on any atom is 0.305 e. The molecule has 0 fully saturated rings. The summed E-state index contributed by atoms with van der Waals surface area (Å²) in [6.45, 7) is 0.161. The minimum atomic E-state index is -0.925. The Bertz CT molecular complexity index is 645. The van der Waals surface area contributed by atoms with Gasteiger partial charge in [0.05, 0.1) is 34.3 Å². The number of aliphatic carboxylic acids is 1. The molecule has 2 aromatic rings. The van der Waals surface area contributed by atoms with Gasteiger partial charge in [0.1, 0.15) is 0 Å². The van der Waals surface area contributed by atoms with Gasteiger partial charge in [0.2, 0.25) is 5.75 Å². The summed E-state index contributed by atoms with van der Waals surface area (Å²) >= 11 is 0. The van der Waals surface area contributed by atoms with Crippen LogP contribution in [0.3, 0.4) is 0 Å². The van der Waals surface area contributed by atoms with E-state index >= 15 is 0 Å². The summed E-state index contributed by atoms with van der Waals surface area (Å²) in [7, 11) is 4.53. The van der Waals surface area contributed by atoms with Crippen LogP contribution in [0.1, 0.15) is 6.42 Å². The molecule has 9 nitrogen and oxygen atoms in total. The molecule has 1 heterocycles. The molecule has 0 saturated carbocycles. The monoisotopic (exact) mass is 308 g/mol. The third-order valence-electron chi connectivity index (χ3n) is 2.99. The second-order valence-corrected chi connectivity index (χ2v) is 4.28. The van der Waals surface area contributed by atoms with Gasteiger partial charge < -0.3 is 19.3 Å². The summed E-state index contributed by atoms with van der Waals surface area (Å²) in [4.78, 5) is 10.7. The molecular formula is C13H16N4O5. The van der Waals surface area contributed by atoms with Gasteiger partial charge in [0.15, 0.2) is 17.3 Å². The number of aromatic nitrogens is 4. The van der Waals surface area contributed by atoms with Gasteiger partial charge in [-0.15, -0.1) is 5.10 Å². The van der Waals surface area contributed by atoms with Crippen LogP contribution in [-0.2, 0) is 11.3 Å². The normalized spacial score (nSPS) is 10.3. The van der Waals surface area contributed by atoms with E-state index in [2.05, 4.69) is 15.5 Å². The van der Waals surface area contributed by atoms with Crippen molar-refractivity contribution in [1.29, 1.82) is 0 Å². The maximum absolute atomic E-state index is 10.7. The van der Waals surface area contributed by atoms with Crippen LogP contribution in [0, 0.1) is 0 Å². The quantitative estimate of drug-likeness (QED) is 0.801. The predicted octanol–water partition coefficient (Wildman–Crippen LogP) is 0.841. The third-order valence-corrected chi connectivity index (χ3v) is 2.99. The number of benzene rings is 1. The van der Waals surface area contributed by atoms with Gasteiger partial charge in [-0.25, -0.2) is 4.68 Å². The summed E-state index contributed by atoms with van der Waals surface area (Å²) < 4.78 is 17.2. The summed E-state index contributed by atoms with van der Waals surface area (Å²) in [6.07, 6.45) is -0.0809. The molecule has 1 aromatic carbocycles. The van der Waals surface area contributed by atoms with Gasteiger partial charge in [0.25, 0.3) is 0 Å². The summed E-state index contributed by atoms with van der Waals surface area (Å²) in [5.74, 6) is 0.874. The second kappa shape index (κ2) is 6.74. The van der Waals surface area contributed by atoms with E-state index in [4.69, 9.17) is 19.3 Å². The largest absolute Gasteiger partial charge is 0.493 e. The molecule has 1 N–H and O–H groups in total. The Morgan fingerprint density at radius 2 is 1.82 bits per heavy atom. The molecule has 0 saturated heterocycles. The topological polar surface area (TPSA) is 109 Å². The zero-order valence-corrected chi connectivity index (χ0v) is 12.4. The molecule has 0 spiro atoms. The number of carbonyl (C=O) groups is 1. The first-order valence-corrected chi connectivity index (χ1v) is 6.39. The van der Waals surface area contributed by atoms with Crippen molar-refractivity contribution < 1.29 is 24.1 Å².